The standard InChI is InChI=1S/C17H25NO5/c1-5-23-14-10-12(6-8-13(14)22-4)7-9-15(19)18-16(11(2)3)17(20)21/h6,8,10-11,16H,5,7,9H2,1-4H3,(H,18,19)(H,20,21). The molecule has 1 aromatic carbocycles. The summed E-state index contributed by atoms with van der Waals surface area (Å²) in [4.78, 5) is 23.0. The molecule has 0 aliphatic rings. The predicted molar refractivity (Wildman–Crippen MR) is 86.9 cm³/mol. The maximum absolute atomic E-state index is 11.9. The van der Waals surface area contributed by atoms with E-state index in [1.165, 1.54) is 0 Å². The van der Waals surface area contributed by atoms with E-state index in [1.54, 1.807) is 27.0 Å². The Morgan fingerprint density at radius 2 is 1.96 bits per heavy atom. The molecular formula is C17H25NO5. The summed E-state index contributed by atoms with van der Waals surface area (Å²) in [6.07, 6.45) is 0.717. The first kappa shape index (κ1) is 18.8. The quantitative estimate of drug-likeness (QED) is 0.728. The van der Waals surface area contributed by atoms with Crippen LogP contribution in [0.4, 0.5) is 0 Å². The van der Waals surface area contributed by atoms with E-state index in [-0.39, 0.29) is 18.2 Å². The molecule has 6 heteroatoms. The first-order valence-electron chi connectivity index (χ1n) is 7.70. The number of carboxylic acid groups (broad SMARTS) is 1. The van der Waals surface area contributed by atoms with Crippen molar-refractivity contribution in [2.75, 3.05) is 13.7 Å². The van der Waals surface area contributed by atoms with Crippen LogP contribution in [0.5, 0.6) is 11.5 Å². The lowest BCUT2D eigenvalue weighted by atomic mass is 10.0. The molecule has 0 aromatic heterocycles. The van der Waals surface area contributed by atoms with Crippen LogP contribution in [-0.4, -0.2) is 36.7 Å². The SMILES string of the molecule is CCOc1cc(CCC(=O)NC(C(=O)O)C(C)C)ccc1OC. The fourth-order valence-electron chi connectivity index (χ4n) is 2.16. The summed E-state index contributed by atoms with van der Waals surface area (Å²) in [6.45, 7) is 5.93. The highest BCUT2D eigenvalue weighted by molar-refractivity contribution is 5.83. The van der Waals surface area contributed by atoms with Crippen LogP contribution in [-0.2, 0) is 16.0 Å². The fraction of sp³-hybridized carbons (Fsp3) is 0.529. The molecule has 0 fully saturated rings. The second-order valence-electron chi connectivity index (χ2n) is 5.55. The number of amides is 1. The van der Waals surface area contributed by atoms with Gasteiger partial charge >= 0.3 is 5.97 Å². The highest BCUT2D eigenvalue weighted by Gasteiger charge is 2.23. The topological polar surface area (TPSA) is 84.9 Å². The Labute approximate surface area is 136 Å². The number of carboxylic acids is 1. The Kier molecular flexibility index (Phi) is 7.38. The smallest absolute Gasteiger partial charge is 0.326 e. The molecule has 0 saturated heterocycles. The van der Waals surface area contributed by atoms with Crippen molar-refractivity contribution >= 4 is 11.9 Å². The summed E-state index contributed by atoms with van der Waals surface area (Å²) < 4.78 is 10.7. The van der Waals surface area contributed by atoms with Crippen LogP contribution in [0, 0.1) is 5.92 Å². The van der Waals surface area contributed by atoms with Crippen molar-refractivity contribution in [2.24, 2.45) is 5.92 Å². The number of hydrogen-bond acceptors (Lipinski definition) is 4. The molecule has 6 nitrogen and oxygen atoms in total. The van der Waals surface area contributed by atoms with Gasteiger partial charge in [0.1, 0.15) is 6.04 Å². The molecule has 0 bridgehead atoms. The number of aliphatic carboxylic acids is 1. The van der Waals surface area contributed by atoms with Gasteiger partial charge in [0.2, 0.25) is 5.91 Å². The summed E-state index contributed by atoms with van der Waals surface area (Å²) in [5, 5.41) is 11.6. The highest BCUT2D eigenvalue weighted by atomic mass is 16.5. The summed E-state index contributed by atoms with van der Waals surface area (Å²) in [5.41, 5.74) is 0.931. The Morgan fingerprint density at radius 1 is 1.26 bits per heavy atom. The predicted octanol–water partition coefficient (Wildman–Crippen LogP) is 2.25. The van der Waals surface area contributed by atoms with Gasteiger partial charge in [0.15, 0.2) is 11.5 Å². The van der Waals surface area contributed by atoms with Crippen LogP contribution in [0.2, 0.25) is 0 Å². The first-order valence-corrected chi connectivity index (χ1v) is 7.70. The van der Waals surface area contributed by atoms with Crippen molar-refractivity contribution in [2.45, 2.75) is 39.7 Å². The van der Waals surface area contributed by atoms with Gasteiger partial charge in [-0.2, -0.15) is 0 Å². The van der Waals surface area contributed by atoms with Crippen LogP contribution < -0.4 is 14.8 Å². The van der Waals surface area contributed by atoms with Crippen molar-refractivity contribution in [3.8, 4) is 11.5 Å². The number of aryl methyl sites for hydroxylation is 1. The lowest BCUT2D eigenvalue weighted by molar-refractivity contribution is -0.143. The van der Waals surface area contributed by atoms with E-state index in [2.05, 4.69) is 5.32 Å². The summed E-state index contributed by atoms with van der Waals surface area (Å²) in [6, 6.07) is 4.64. The minimum atomic E-state index is -1.02. The summed E-state index contributed by atoms with van der Waals surface area (Å²) in [7, 11) is 1.57. The van der Waals surface area contributed by atoms with Crippen molar-refractivity contribution in [1.82, 2.24) is 5.32 Å². The molecular weight excluding hydrogens is 298 g/mol. The van der Waals surface area contributed by atoms with E-state index >= 15 is 0 Å². The summed E-state index contributed by atoms with van der Waals surface area (Å²) in [5.74, 6) is -0.178. The zero-order valence-corrected chi connectivity index (χ0v) is 14.1. The lowest BCUT2D eigenvalue weighted by Crippen LogP contribution is -2.44. The van der Waals surface area contributed by atoms with E-state index in [0.717, 1.165) is 5.56 Å². The second-order valence-corrected chi connectivity index (χ2v) is 5.55. The molecule has 0 aliphatic heterocycles. The van der Waals surface area contributed by atoms with E-state index in [9.17, 15) is 9.59 Å². The van der Waals surface area contributed by atoms with Gasteiger partial charge in [-0.1, -0.05) is 19.9 Å². The van der Waals surface area contributed by atoms with Gasteiger partial charge in [0.25, 0.3) is 0 Å². The van der Waals surface area contributed by atoms with E-state index in [1.807, 2.05) is 19.1 Å². The molecule has 0 saturated carbocycles. The van der Waals surface area contributed by atoms with Gasteiger partial charge in [-0.05, 0) is 37.0 Å². The number of carbonyl (C=O) groups excluding carboxylic acids is 1. The zero-order valence-electron chi connectivity index (χ0n) is 14.1. The van der Waals surface area contributed by atoms with E-state index < -0.39 is 12.0 Å². The number of hydrogen-bond donors (Lipinski definition) is 2. The van der Waals surface area contributed by atoms with E-state index in [0.29, 0.717) is 24.5 Å². The number of ether oxygens (including phenoxy) is 2. The molecule has 1 amide bonds. The fourth-order valence-corrected chi connectivity index (χ4v) is 2.16. The lowest BCUT2D eigenvalue weighted by Gasteiger charge is -2.18. The Bertz CT molecular complexity index is 542. The number of nitrogens with one attached hydrogen (secondary N) is 1. The Morgan fingerprint density at radius 3 is 2.48 bits per heavy atom. The number of carbonyl (C=O) groups is 2. The first-order chi connectivity index (χ1) is 10.9. The molecule has 23 heavy (non-hydrogen) atoms. The molecule has 1 aromatic rings. The van der Waals surface area contributed by atoms with Gasteiger partial charge in [0, 0.05) is 6.42 Å². The Balaban J connectivity index is 2.65. The monoisotopic (exact) mass is 323 g/mol. The molecule has 0 aliphatic carbocycles. The minimum Gasteiger partial charge on any atom is -0.493 e. The van der Waals surface area contributed by atoms with Crippen LogP contribution >= 0.6 is 0 Å². The van der Waals surface area contributed by atoms with Gasteiger partial charge in [-0.25, -0.2) is 4.79 Å². The van der Waals surface area contributed by atoms with Gasteiger partial charge in [0.05, 0.1) is 13.7 Å². The molecule has 2 N–H and O–H groups in total. The highest BCUT2D eigenvalue weighted by Crippen LogP contribution is 2.28. The maximum atomic E-state index is 11.9. The molecule has 1 atom stereocenters. The second kappa shape index (κ2) is 9.02. The van der Waals surface area contributed by atoms with Gasteiger partial charge < -0.3 is 19.9 Å². The number of methoxy groups -OCH3 is 1. The van der Waals surface area contributed by atoms with Crippen molar-refractivity contribution in [3.05, 3.63) is 23.8 Å². The average Bonchev–Trinajstić information content (AvgIpc) is 2.50. The molecule has 0 spiro atoms. The minimum absolute atomic E-state index is 0.165. The molecule has 0 radical (unpaired) electrons. The average molecular weight is 323 g/mol. The maximum Gasteiger partial charge on any atom is 0.326 e. The van der Waals surface area contributed by atoms with Crippen LogP contribution in [0.25, 0.3) is 0 Å². The number of benzene rings is 1. The van der Waals surface area contributed by atoms with E-state index in [4.69, 9.17) is 14.6 Å². The Hall–Kier alpha value is -2.24. The molecule has 0 heterocycles. The molecule has 128 valence electrons. The largest absolute Gasteiger partial charge is 0.493 e. The molecule has 1 rings (SSSR count). The third-order valence-corrected chi connectivity index (χ3v) is 3.42. The van der Waals surface area contributed by atoms with Crippen LogP contribution in [0.15, 0.2) is 18.2 Å². The van der Waals surface area contributed by atoms with Crippen LogP contribution in [0.1, 0.15) is 32.8 Å². The summed E-state index contributed by atoms with van der Waals surface area (Å²) >= 11 is 0. The van der Waals surface area contributed by atoms with Crippen molar-refractivity contribution < 1.29 is 24.2 Å². The van der Waals surface area contributed by atoms with Crippen molar-refractivity contribution in [1.29, 1.82) is 0 Å². The van der Waals surface area contributed by atoms with Crippen LogP contribution in [0.3, 0.4) is 0 Å². The third-order valence-electron chi connectivity index (χ3n) is 3.42. The number of rotatable bonds is 9. The third kappa shape index (κ3) is 5.81. The van der Waals surface area contributed by atoms with Gasteiger partial charge in [-0.15, -0.1) is 0 Å². The van der Waals surface area contributed by atoms with Gasteiger partial charge in [-0.3, -0.25) is 4.79 Å². The zero-order chi connectivity index (χ0) is 17.4. The molecule has 1 unspecified atom stereocenters. The van der Waals surface area contributed by atoms with Crippen molar-refractivity contribution in [3.63, 3.8) is 0 Å². The normalized spacial score (nSPS) is 11.9.